The first-order valence-electron chi connectivity index (χ1n) is 5.93. The molecular formula is C11H27IN4. The highest BCUT2D eigenvalue weighted by molar-refractivity contribution is 14.0. The van der Waals surface area contributed by atoms with E-state index in [-0.39, 0.29) is 24.0 Å². The zero-order chi connectivity index (χ0) is 11.5. The van der Waals surface area contributed by atoms with Crippen LogP contribution < -0.4 is 11.1 Å². The molecule has 16 heavy (non-hydrogen) atoms. The molecule has 0 fully saturated rings. The predicted octanol–water partition coefficient (Wildman–Crippen LogP) is 1.65. The van der Waals surface area contributed by atoms with Crippen molar-refractivity contribution < 1.29 is 0 Å². The summed E-state index contributed by atoms with van der Waals surface area (Å²) >= 11 is 0. The van der Waals surface area contributed by atoms with Crippen LogP contribution in [-0.4, -0.2) is 44.1 Å². The lowest BCUT2D eigenvalue weighted by Gasteiger charge is -2.20. The molecule has 0 aromatic heterocycles. The van der Waals surface area contributed by atoms with E-state index in [4.69, 9.17) is 5.73 Å². The smallest absolute Gasteiger partial charge is 0.188 e. The van der Waals surface area contributed by atoms with E-state index >= 15 is 0 Å². The number of nitrogens with one attached hydrogen (secondary N) is 1. The molecule has 0 unspecified atom stereocenters. The highest BCUT2D eigenvalue weighted by Gasteiger charge is 2.01. The minimum absolute atomic E-state index is 0. The van der Waals surface area contributed by atoms with E-state index in [2.05, 4.69) is 29.1 Å². The van der Waals surface area contributed by atoms with E-state index in [0.29, 0.717) is 5.96 Å². The van der Waals surface area contributed by atoms with E-state index in [0.717, 1.165) is 19.5 Å². The van der Waals surface area contributed by atoms with Crippen LogP contribution in [-0.2, 0) is 0 Å². The van der Waals surface area contributed by atoms with Gasteiger partial charge in [0.15, 0.2) is 5.96 Å². The second-order valence-electron chi connectivity index (χ2n) is 3.73. The zero-order valence-corrected chi connectivity index (χ0v) is 13.2. The van der Waals surface area contributed by atoms with Gasteiger partial charge in [-0.25, -0.2) is 0 Å². The van der Waals surface area contributed by atoms with E-state index in [9.17, 15) is 0 Å². The molecule has 0 bridgehead atoms. The fourth-order valence-corrected chi connectivity index (χ4v) is 1.57. The van der Waals surface area contributed by atoms with E-state index < -0.39 is 0 Å². The van der Waals surface area contributed by atoms with Crippen molar-refractivity contribution in [1.29, 1.82) is 0 Å². The second kappa shape index (κ2) is 13.0. The molecule has 4 nitrogen and oxygen atoms in total. The molecule has 0 atom stereocenters. The van der Waals surface area contributed by atoms with Crippen LogP contribution in [0.2, 0.25) is 0 Å². The van der Waals surface area contributed by atoms with Crippen molar-refractivity contribution >= 4 is 29.9 Å². The first-order valence-corrected chi connectivity index (χ1v) is 5.93. The van der Waals surface area contributed by atoms with Gasteiger partial charge in [-0.3, -0.25) is 4.99 Å². The average molecular weight is 342 g/mol. The SMILES string of the molecule is CCCN(CCC)CCCNC(N)=NC.I. The number of rotatable bonds is 8. The lowest BCUT2D eigenvalue weighted by Crippen LogP contribution is -2.34. The molecule has 0 amide bonds. The van der Waals surface area contributed by atoms with Gasteiger partial charge in [-0.2, -0.15) is 0 Å². The van der Waals surface area contributed by atoms with Crippen molar-refractivity contribution in [2.75, 3.05) is 33.2 Å². The molecule has 0 aromatic carbocycles. The van der Waals surface area contributed by atoms with Crippen LogP contribution >= 0.6 is 24.0 Å². The maximum absolute atomic E-state index is 5.53. The molecule has 0 aliphatic carbocycles. The van der Waals surface area contributed by atoms with Gasteiger partial charge in [0, 0.05) is 13.6 Å². The molecular weight excluding hydrogens is 315 g/mol. The lowest BCUT2D eigenvalue weighted by atomic mass is 10.3. The topological polar surface area (TPSA) is 53.6 Å². The van der Waals surface area contributed by atoms with E-state index in [1.54, 1.807) is 7.05 Å². The summed E-state index contributed by atoms with van der Waals surface area (Å²) in [4.78, 5) is 6.35. The fourth-order valence-electron chi connectivity index (χ4n) is 1.57. The van der Waals surface area contributed by atoms with E-state index in [1.807, 2.05) is 0 Å². The fraction of sp³-hybridized carbons (Fsp3) is 0.909. The maximum atomic E-state index is 5.53. The number of halogens is 1. The summed E-state index contributed by atoms with van der Waals surface area (Å²) < 4.78 is 0. The van der Waals surface area contributed by atoms with Crippen LogP contribution in [0.25, 0.3) is 0 Å². The summed E-state index contributed by atoms with van der Waals surface area (Å²) in [5, 5.41) is 3.07. The lowest BCUT2D eigenvalue weighted by molar-refractivity contribution is 0.272. The Morgan fingerprint density at radius 1 is 1.19 bits per heavy atom. The normalized spacial score (nSPS) is 11.4. The number of aliphatic imine (C=N–C) groups is 1. The van der Waals surface area contributed by atoms with Crippen LogP contribution in [0.15, 0.2) is 4.99 Å². The molecule has 0 heterocycles. The molecule has 0 saturated heterocycles. The zero-order valence-electron chi connectivity index (χ0n) is 10.8. The molecule has 3 N–H and O–H groups in total. The maximum Gasteiger partial charge on any atom is 0.188 e. The quantitative estimate of drug-likeness (QED) is 0.305. The first-order chi connectivity index (χ1) is 7.24. The Kier molecular flexibility index (Phi) is 14.9. The Bertz CT molecular complexity index is 167. The molecule has 98 valence electrons. The number of hydrogen-bond acceptors (Lipinski definition) is 2. The Labute approximate surface area is 117 Å². The second-order valence-corrected chi connectivity index (χ2v) is 3.73. The molecule has 0 rings (SSSR count). The summed E-state index contributed by atoms with van der Waals surface area (Å²) in [5.74, 6) is 0.535. The van der Waals surface area contributed by atoms with Gasteiger partial charge in [0.2, 0.25) is 0 Å². The van der Waals surface area contributed by atoms with Gasteiger partial charge >= 0.3 is 0 Å². The third-order valence-electron chi connectivity index (χ3n) is 2.28. The van der Waals surface area contributed by atoms with Crippen molar-refractivity contribution in [3.05, 3.63) is 0 Å². The minimum atomic E-state index is 0. The van der Waals surface area contributed by atoms with Gasteiger partial charge in [0.05, 0.1) is 0 Å². The monoisotopic (exact) mass is 342 g/mol. The molecule has 5 heteroatoms. The molecule has 0 saturated carbocycles. The van der Waals surface area contributed by atoms with Crippen molar-refractivity contribution in [3.8, 4) is 0 Å². The van der Waals surface area contributed by atoms with Gasteiger partial charge in [-0.1, -0.05) is 13.8 Å². The van der Waals surface area contributed by atoms with Gasteiger partial charge in [0.1, 0.15) is 0 Å². The van der Waals surface area contributed by atoms with Gasteiger partial charge in [-0.05, 0) is 38.9 Å². The Morgan fingerprint density at radius 3 is 2.19 bits per heavy atom. The van der Waals surface area contributed by atoms with E-state index in [1.165, 1.54) is 25.9 Å². The van der Waals surface area contributed by atoms with Crippen molar-refractivity contribution in [3.63, 3.8) is 0 Å². The van der Waals surface area contributed by atoms with Crippen LogP contribution in [0.1, 0.15) is 33.1 Å². The Morgan fingerprint density at radius 2 is 1.75 bits per heavy atom. The largest absolute Gasteiger partial charge is 0.370 e. The summed E-state index contributed by atoms with van der Waals surface area (Å²) in [6.07, 6.45) is 3.58. The number of hydrogen-bond donors (Lipinski definition) is 2. The summed E-state index contributed by atoms with van der Waals surface area (Å²) in [5.41, 5.74) is 5.53. The molecule has 0 aliphatic rings. The molecule has 0 spiro atoms. The predicted molar refractivity (Wildman–Crippen MR) is 82.6 cm³/mol. The highest BCUT2D eigenvalue weighted by Crippen LogP contribution is 1.95. The first kappa shape index (κ1) is 18.3. The number of nitrogens with zero attached hydrogens (tertiary/aromatic N) is 2. The molecule has 0 aliphatic heterocycles. The van der Waals surface area contributed by atoms with Crippen LogP contribution in [0.5, 0.6) is 0 Å². The molecule has 0 radical (unpaired) electrons. The Balaban J connectivity index is 0. The van der Waals surface area contributed by atoms with Crippen LogP contribution in [0.4, 0.5) is 0 Å². The number of nitrogens with two attached hydrogens (primary N) is 1. The van der Waals surface area contributed by atoms with Crippen LogP contribution in [0.3, 0.4) is 0 Å². The average Bonchev–Trinajstić information content (AvgIpc) is 2.24. The van der Waals surface area contributed by atoms with Crippen LogP contribution in [0, 0.1) is 0 Å². The van der Waals surface area contributed by atoms with Crippen molar-refractivity contribution in [1.82, 2.24) is 10.2 Å². The number of guanidine groups is 1. The summed E-state index contributed by atoms with van der Waals surface area (Å²) in [6.45, 7) is 8.90. The van der Waals surface area contributed by atoms with Crippen molar-refractivity contribution in [2.24, 2.45) is 10.7 Å². The highest BCUT2D eigenvalue weighted by atomic mass is 127. The molecule has 0 aromatic rings. The van der Waals surface area contributed by atoms with Crippen molar-refractivity contribution in [2.45, 2.75) is 33.1 Å². The van der Waals surface area contributed by atoms with Gasteiger partial charge < -0.3 is 16.0 Å². The minimum Gasteiger partial charge on any atom is -0.370 e. The summed E-state index contributed by atoms with van der Waals surface area (Å²) in [7, 11) is 1.70. The van der Waals surface area contributed by atoms with Gasteiger partial charge in [0.25, 0.3) is 0 Å². The van der Waals surface area contributed by atoms with Gasteiger partial charge in [-0.15, -0.1) is 24.0 Å². The summed E-state index contributed by atoms with van der Waals surface area (Å²) in [6, 6.07) is 0. The Hall–Kier alpha value is -0.0400. The third kappa shape index (κ3) is 10.5. The standard InChI is InChI=1S/C11H26N4.HI/c1-4-8-15(9-5-2)10-6-7-14-11(12)13-3;/h4-10H2,1-3H3,(H3,12,13,14);1H. The third-order valence-corrected chi connectivity index (χ3v) is 2.28.